The Labute approximate surface area is 114 Å². The van der Waals surface area contributed by atoms with Gasteiger partial charge in [-0.15, -0.1) is 0 Å². The lowest BCUT2D eigenvalue weighted by Crippen LogP contribution is -2.25. The summed E-state index contributed by atoms with van der Waals surface area (Å²) >= 11 is 0. The summed E-state index contributed by atoms with van der Waals surface area (Å²) < 4.78 is 4.55. The van der Waals surface area contributed by atoms with Crippen molar-refractivity contribution in [3.05, 3.63) is 11.3 Å². The molecular weight excluding hydrogens is 260 g/mol. The number of ether oxygens (including phenoxy) is 1. The third-order valence-corrected chi connectivity index (χ3v) is 8.86. The molecule has 106 valence electrons. The van der Waals surface area contributed by atoms with Crippen molar-refractivity contribution < 1.29 is 14.6 Å². The van der Waals surface area contributed by atoms with Crippen molar-refractivity contribution >= 4 is 23.7 Å². The molecule has 0 fully saturated rings. The fourth-order valence-electron chi connectivity index (χ4n) is 1.99. The molecule has 0 aromatic carbocycles. The normalized spacial score (nSPS) is 13.2. The van der Waals surface area contributed by atoms with E-state index in [4.69, 9.17) is 5.11 Å². The summed E-state index contributed by atoms with van der Waals surface area (Å²) in [4.78, 5) is 10.2. The average molecular weight is 289 g/mol. The molecule has 3 nitrogen and oxygen atoms in total. The lowest BCUT2D eigenvalue weighted by molar-refractivity contribution is 0.0917. The van der Waals surface area contributed by atoms with Gasteiger partial charge >= 0.3 is 6.16 Å². The molecule has 0 spiro atoms. The highest BCUT2D eigenvalue weighted by atomic mass is 28.3. The molecule has 18 heavy (non-hydrogen) atoms. The Kier molecular flexibility index (Phi) is 9.09. The fraction of sp³-hybridized carbons (Fsp3) is 0.769. The van der Waals surface area contributed by atoms with Gasteiger partial charge in [0.05, 0.1) is 6.61 Å². The summed E-state index contributed by atoms with van der Waals surface area (Å²) in [5, 5.41) is 10.00. The first-order valence-corrected chi connectivity index (χ1v) is 12.0. The number of allylic oxidation sites excluding steroid dienone is 2. The highest BCUT2D eigenvalue weighted by Gasteiger charge is 2.19. The molecule has 0 saturated heterocycles. The topological polar surface area (TPSA) is 46.5 Å². The maximum atomic E-state index is 10.2. The molecule has 0 rings (SSSR count). The molecule has 0 saturated carbocycles. The van der Waals surface area contributed by atoms with Gasteiger partial charge in [0.25, 0.3) is 0 Å². The first kappa shape index (κ1) is 17.4. The van der Waals surface area contributed by atoms with Crippen LogP contribution in [0.1, 0.15) is 26.7 Å². The zero-order valence-corrected chi connectivity index (χ0v) is 14.7. The Morgan fingerprint density at radius 1 is 1.33 bits per heavy atom. The van der Waals surface area contributed by atoms with Crippen LogP contribution in [0, 0.1) is 0 Å². The third kappa shape index (κ3) is 10.6. The zero-order valence-electron chi connectivity index (χ0n) is 12.3. The molecule has 0 radical (unpaired) electrons. The van der Waals surface area contributed by atoms with Crippen LogP contribution in [0.4, 0.5) is 4.79 Å². The van der Waals surface area contributed by atoms with Gasteiger partial charge in [-0.2, -0.15) is 0 Å². The Morgan fingerprint density at radius 3 is 2.50 bits per heavy atom. The smallest absolute Gasteiger partial charge is 0.450 e. The Bertz CT molecular complexity index is 275. The predicted molar refractivity (Wildman–Crippen MR) is 83.1 cm³/mol. The average Bonchev–Trinajstić information content (AvgIpc) is 2.30. The van der Waals surface area contributed by atoms with Crippen molar-refractivity contribution in [1.82, 2.24) is 0 Å². The first-order valence-electron chi connectivity index (χ1n) is 6.85. The lowest BCUT2D eigenvalue weighted by Gasteiger charge is -2.22. The number of carboxylic acid groups (broad SMARTS) is 1. The molecule has 0 unspecified atom stereocenters. The summed E-state index contributed by atoms with van der Waals surface area (Å²) in [5.74, 6) is 0. The van der Waals surface area contributed by atoms with Crippen LogP contribution < -0.4 is 0 Å². The monoisotopic (exact) mass is 288 g/mol. The minimum atomic E-state index is -1.15. The summed E-state index contributed by atoms with van der Waals surface area (Å²) in [6.45, 7) is 9.54. The second-order valence-electron chi connectivity index (χ2n) is 5.72. The van der Waals surface area contributed by atoms with Gasteiger partial charge in [-0.25, -0.2) is 4.79 Å². The van der Waals surface area contributed by atoms with Gasteiger partial charge in [-0.3, -0.25) is 0 Å². The third-order valence-electron chi connectivity index (χ3n) is 3.39. The largest absolute Gasteiger partial charge is 0.505 e. The number of hydrogen-bond donors (Lipinski definition) is 1. The van der Waals surface area contributed by atoms with E-state index in [0.717, 1.165) is 6.42 Å². The van der Waals surface area contributed by atoms with E-state index >= 15 is 0 Å². The van der Waals surface area contributed by atoms with Gasteiger partial charge < -0.3 is 9.84 Å². The molecule has 0 aromatic heterocycles. The van der Waals surface area contributed by atoms with E-state index < -0.39 is 14.2 Å². The summed E-state index contributed by atoms with van der Waals surface area (Å²) in [5.41, 5.74) is 0. The molecule has 0 atom stereocenters. The van der Waals surface area contributed by atoms with Gasteiger partial charge in [0, 0.05) is 17.6 Å². The van der Waals surface area contributed by atoms with E-state index in [2.05, 4.69) is 37.8 Å². The second-order valence-corrected chi connectivity index (χ2v) is 13.4. The van der Waals surface area contributed by atoms with Crippen LogP contribution in [0.5, 0.6) is 0 Å². The Hall–Kier alpha value is -0.556. The molecular formula is C13H28O3Si2. The maximum absolute atomic E-state index is 10.2. The summed E-state index contributed by atoms with van der Waals surface area (Å²) in [7, 11) is -1.11. The van der Waals surface area contributed by atoms with Gasteiger partial charge in [0.2, 0.25) is 0 Å². The van der Waals surface area contributed by atoms with Gasteiger partial charge in [-0.1, -0.05) is 48.9 Å². The molecule has 0 amide bonds. The van der Waals surface area contributed by atoms with Crippen LogP contribution in [0.15, 0.2) is 11.3 Å². The van der Waals surface area contributed by atoms with E-state index in [0.29, 0.717) is 6.61 Å². The van der Waals surface area contributed by atoms with Crippen LogP contribution in [0.3, 0.4) is 0 Å². The van der Waals surface area contributed by atoms with Gasteiger partial charge in [0.1, 0.15) is 0 Å². The number of hydrogen-bond acceptors (Lipinski definition) is 2. The second kappa shape index (κ2) is 9.38. The van der Waals surface area contributed by atoms with E-state index in [1.165, 1.54) is 24.6 Å². The summed E-state index contributed by atoms with van der Waals surface area (Å²) in [6, 6.07) is 3.95. The van der Waals surface area contributed by atoms with Gasteiger partial charge in [-0.05, 0) is 20.3 Å². The van der Waals surface area contributed by atoms with Crippen molar-refractivity contribution in [2.75, 3.05) is 6.61 Å². The molecule has 0 aliphatic carbocycles. The highest BCUT2D eigenvalue weighted by molar-refractivity contribution is 6.77. The molecule has 0 aromatic rings. The molecule has 0 aliphatic rings. The minimum absolute atomic E-state index is 0.0133. The van der Waals surface area contributed by atoms with Crippen LogP contribution in [0.25, 0.3) is 0 Å². The molecule has 0 bridgehead atoms. The Balaban J connectivity index is 3.63. The van der Waals surface area contributed by atoms with E-state index in [1.54, 1.807) is 5.20 Å². The zero-order chi connectivity index (χ0) is 14.0. The van der Waals surface area contributed by atoms with Crippen molar-refractivity contribution in [2.45, 2.75) is 57.9 Å². The minimum Gasteiger partial charge on any atom is -0.450 e. The van der Waals surface area contributed by atoms with Crippen molar-refractivity contribution in [1.29, 1.82) is 0 Å². The SMILES string of the molecule is CC=C(C)[SiH2]CCC[Si](C)(C)CCCOC(=O)O. The fourth-order valence-corrected chi connectivity index (χ4v) is 6.39. The van der Waals surface area contributed by atoms with Crippen molar-refractivity contribution in [3.8, 4) is 0 Å². The van der Waals surface area contributed by atoms with Gasteiger partial charge in [0.15, 0.2) is 0 Å². The predicted octanol–water partition coefficient (Wildman–Crippen LogP) is 3.68. The Morgan fingerprint density at radius 2 is 1.94 bits per heavy atom. The number of rotatable bonds is 9. The molecule has 5 heteroatoms. The van der Waals surface area contributed by atoms with Crippen molar-refractivity contribution in [3.63, 3.8) is 0 Å². The highest BCUT2D eigenvalue weighted by Crippen LogP contribution is 2.20. The molecule has 1 N–H and O–H groups in total. The standard InChI is InChI=1S/C13H28O3Si2/c1-5-12(2)17-9-7-11-18(3,4)10-6-8-16-13(14)15/h5H,6-11,17H2,1-4H3,(H,14,15). The first-order chi connectivity index (χ1) is 8.37. The lowest BCUT2D eigenvalue weighted by atomic mass is 10.5. The van der Waals surface area contributed by atoms with E-state index in [-0.39, 0.29) is 9.52 Å². The van der Waals surface area contributed by atoms with Crippen LogP contribution >= 0.6 is 0 Å². The maximum Gasteiger partial charge on any atom is 0.505 e. The van der Waals surface area contributed by atoms with E-state index in [1.807, 2.05) is 0 Å². The molecule has 0 heterocycles. The summed E-state index contributed by atoms with van der Waals surface area (Å²) in [6.07, 6.45) is 3.34. The van der Waals surface area contributed by atoms with Crippen LogP contribution in [-0.4, -0.2) is 35.5 Å². The van der Waals surface area contributed by atoms with Crippen LogP contribution in [-0.2, 0) is 4.74 Å². The number of carbonyl (C=O) groups is 1. The quantitative estimate of drug-likeness (QED) is 0.400. The van der Waals surface area contributed by atoms with Crippen LogP contribution in [0.2, 0.25) is 31.2 Å². The molecule has 0 aliphatic heterocycles. The van der Waals surface area contributed by atoms with Crippen molar-refractivity contribution in [2.24, 2.45) is 0 Å². The van der Waals surface area contributed by atoms with E-state index in [9.17, 15) is 4.79 Å².